The Balaban J connectivity index is 2.07. The van der Waals surface area contributed by atoms with Crippen LogP contribution < -0.4 is 5.32 Å². The molecule has 0 saturated heterocycles. The Bertz CT molecular complexity index is 371. The first-order valence-corrected chi connectivity index (χ1v) is 6.80. The lowest BCUT2D eigenvalue weighted by molar-refractivity contribution is 0.213. The van der Waals surface area contributed by atoms with Gasteiger partial charge in [-0.05, 0) is 50.4 Å². The molecule has 0 amide bonds. The lowest BCUT2D eigenvalue weighted by Gasteiger charge is -2.26. The predicted octanol–water partition coefficient (Wildman–Crippen LogP) is 3.28. The minimum Gasteiger partial charge on any atom is -0.384 e. The average Bonchev–Trinajstić information content (AvgIpc) is 2.75. The van der Waals surface area contributed by atoms with E-state index in [1.807, 2.05) is 0 Å². The monoisotopic (exact) mass is 232 g/mol. The Kier molecular flexibility index (Phi) is 4.06. The van der Waals surface area contributed by atoms with Gasteiger partial charge < -0.3 is 5.32 Å². The average molecular weight is 232 g/mol. The van der Waals surface area contributed by atoms with Gasteiger partial charge in [0, 0.05) is 24.8 Å². The summed E-state index contributed by atoms with van der Waals surface area (Å²) in [5.74, 6) is 0. The van der Waals surface area contributed by atoms with E-state index in [9.17, 15) is 0 Å². The molecule has 0 spiro atoms. The van der Waals surface area contributed by atoms with Crippen molar-refractivity contribution in [3.05, 3.63) is 29.3 Å². The molecule has 1 aromatic rings. The van der Waals surface area contributed by atoms with E-state index in [1.165, 1.54) is 36.2 Å². The number of benzene rings is 1. The number of nitrogens with zero attached hydrogens (tertiary/aromatic N) is 1. The summed E-state index contributed by atoms with van der Waals surface area (Å²) in [7, 11) is 0. The molecule has 0 saturated carbocycles. The smallest absolute Gasteiger partial charge is 0.0376 e. The van der Waals surface area contributed by atoms with Crippen LogP contribution in [0.5, 0.6) is 0 Å². The standard InChI is InChI=1S/C15H24N2/c1-4-9-17(12(2)3)11-13-5-6-14-7-8-16-15(14)10-13/h5-6,10,12,16H,4,7-9,11H2,1-3H3. The van der Waals surface area contributed by atoms with Crippen LogP contribution in [0.25, 0.3) is 0 Å². The first kappa shape index (κ1) is 12.4. The number of nitrogens with one attached hydrogen (secondary N) is 1. The maximum absolute atomic E-state index is 3.46. The highest BCUT2D eigenvalue weighted by Crippen LogP contribution is 2.24. The molecule has 1 heterocycles. The number of anilines is 1. The maximum atomic E-state index is 3.46. The van der Waals surface area contributed by atoms with Gasteiger partial charge in [0.1, 0.15) is 0 Å². The summed E-state index contributed by atoms with van der Waals surface area (Å²) < 4.78 is 0. The predicted molar refractivity (Wildman–Crippen MR) is 74.5 cm³/mol. The Morgan fingerprint density at radius 2 is 2.18 bits per heavy atom. The minimum atomic E-state index is 0.621. The van der Waals surface area contributed by atoms with Crippen LogP contribution in [-0.4, -0.2) is 24.0 Å². The molecule has 0 atom stereocenters. The van der Waals surface area contributed by atoms with Crippen LogP contribution in [-0.2, 0) is 13.0 Å². The molecule has 2 rings (SSSR count). The fraction of sp³-hybridized carbons (Fsp3) is 0.600. The summed E-state index contributed by atoms with van der Waals surface area (Å²) in [6.45, 7) is 10.2. The summed E-state index contributed by atoms with van der Waals surface area (Å²) in [4.78, 5) is 2.54. The van der Waals surface area contributed by atoms with Crippen molar-refractivity contribution >= 4 is 5.69 Å². The normalized spacial score (nSPS) is 14.2. The fourth-order valence-corrected chi connectivity index (χ4v) is 2.48. The van der Waals surface area contributed by atoms with Gasteiger partial charge in [-0.1, -0.05) is 19.1 Å². The van der Waals surface area contributed by atoms with Gasteiger partial charge in [-0.3, -0.25) is 4.90 Å². The van der Waals surface area contributed by atoms with Crippen LogP contribution in [0.4, 0.5) is 5.69 Å². The highest BCUT2D eigenvalue weighted by Gasteiger charge is 2.13. The zero-order chi connectivity index (χ0) is 12.3. The SMILES string of the molecule is CCCN(Cc1ccc2c(c1)NCC2)C(C)C. The Labute approximate surface area is 105 Å². The molecule has 0 fully saturated rings. The summed E-state index contributed by atoms with van der Waals surface area (Å²) in [5.41, 5.74) is 4.25. The van der Waals surface area contributed by atoms with E-state index < -0.39 is 0 Å². The summed E-state index contributed by atoms with van der Waals surface area (Å²) >= 11 is 0. The van der Waals surface area contributed by atoms with Crippen LogP contribution in [0.2, 0.25) is 0 Å². The van der Waals surface area contributed by atoms with Crippen molar-refractivity contribution in [2.24, 2.45) is 0 Å². The third-order valence-electron chi connectivity index (χ3n) is 3.51. The van der Waals surface area contributed by atoms with E-state index in [4.69, 9.17) is 0 Å². The second-order valence-electron chi connectivity index (χ2n) is 5.23. The molecule has 17 heavy (non-hydrogen) atoms. The van der Waals surface area contributed by atoms with Crippen molar-refractivity contribution in [2.45, 2.75) is 46.2 Å². The first-order chi connectivity index (χ1) is 8.20. The molecule has 2 nitrogen and oxygen atoms in total. The van der Waals surface area contributed by atoms with Crippen molar-refractivity contribution in [3.63, 3.8) is 0 Å². The van der Waals surface area contributed by atoms with E-state index in [0.717, 1.165) is 13.1 Å². The van der Waals surface area contributed by atoms with Crippen molar-refractivity contribution < 1.29 is 0 Å². The molecule has 2 heteroatoms. The molecule has 1 aliphatic heterocycles. The van der Waals surface area contributed by atoms with Crippen LogP contribution >= 0.6 is 0 Å². The van der Waals surface area contributed by atoms with E-state index >= 15 is 0 Å². The van der Waals surface area contributed by atoms with Gasteiger partial charge in [0.05, 0.1) is 0 Å². The van der Waals surface area contributed by atoms with Gasteiger partial charge in [0.25, 0.3) is 0 Å². The molecule has 0 bridgehead atoms. The lowest BCUT2D eigenvalue weighted by Crippen LogP contribution is -2.31. The number of hydrogen-bond donors (Lipinski definition) is 1. The van der Waals surface area contributed by atoms with Crippen LogP contribution in [0.1, 0.15) is 38.3 Å². The van der Waals surface area contributed by atoms with Crippen molar-refractivity contribution in [3.8, 4) is 0 Å². The van der Waals surface area contributed by atoms with Crippen molar-refractivity contribution in [1.82, 2.24) is 4.90 Å². The van der Waals surface area contributed by atoms with Crippen molar-refractivity contribution in [1.29, 1.82) is 0 Å². The van der Waals surface area contributed by atoms with Gasteiger partial charge in [-0.2, -0.15) is 0 Å². The molecule has 0 aromatic heterocycles. The third kappa shape index (κ3) is 3.01. The summed E-state index contributed by atoms with van der Waals surface area (Å²) in [6, 6.07) is 7.52. The second kappa shape index (κ2) is 5.54. The van der Waals surface area contributed by atoms with E-state index in [2.05, 4.69) is 49.2 Å². The maximum Gasteiger partial charge on any atom is 0.0376 e. The third-order valence-corrected chi connectivity index (χ3v) is 3.51. The largest absolute Gasteiger partial charge is 0.384 e. The summed E-state index contributed by atoms with van der Waals surface area (Å²) in [5, 5.41) is 3.46. The highest BCUT2D eigenvalue weighted by atomic mass is 15.1. The molecular weight excluding hydrogens is 208 g/mol. The van der Waals surface area contributed by atoms with Gasteiger partial charge in [-0.25, -0.2) is 0 Å². The number of rotatable bonds is 5. The number of fused-ring (bicyclic) bond motifs is 1. The molecule has 94 valence electrons. The minimum absolute atomic E-state index is 0.621. The van der Waals surface area contributed by atoms with E-state index in [0.29, 0.717) is 6.04 Å². The second-order valence-corrected chi connectivity index (χ2v) is 5.23. The quantitative estimate of drug-likeness (QED) is 0.838. The van der Waals surface area contributed by atoms with Gasteiger partial charge in [-0.15, -0.1) is 0 Å². The van der Waals surface area contributed by atoms with Gasteiger partial charge >= 0.3 is 0 Å². The van der Waals surface area contributed by atoms with Crippen LogP contribution in [0.3, 0.4) is 0 Å². The van der Waals surface area contributed by atoms with E-state index in [1.54, 1.807) is 0 Å². The zero-order valence-corrected chi connectivity index (χ0v) is 11.3. The van der Waals surface area contributed by atoms with Gasteiger partial charge in [0.2, 0.25) is 0 Å². The topological polar surface area (TPSA) is 15.3 Å². The molecule has 0 radical (unpaired) electrons. The van der Waals surface area contributed by atoms with Crippen LogP contribution in [0, 0.1) is 0 Å². The highest BCUT2D eigenvalue weighted by molar-refractivity contribution is 5.57. The molecule has 1 N–H and O–H groups in total. The Hall–Kier alpha value is -1.02. The van der Waals surface area contributed by atoms with E-state index in [-0.39, 0.29) is 0 Å². The molecule has 0 unspecified atom stereocenters. The first-order valence-electron chi connectivity index (χ1n) is 6.80. The van der Waals surface area contributed by atoms with Gasteiger partial charge in [0.15, 0.2) is 0 Å². The number of hydrogen-bond acceptors (Lipinski definition) is 2. The lowest BCUT2D eigenvalue weighted by atomic mass is 10.1. The molecule has 1 aliphatic rings. The van der Waals surface area contributed by atoms with Crippen molar-refractivity contribution in [2.75, 3.05) is 18.4 Å². The summed E-state index contributed by atoms with van der Waals surface area (Å²) in [6.07, 6.45) is 2.40. The van der Waals surface area contributed by atoms with Crippen LogP contribution in [0.15, 0.2) is 18.2 Å². The molecular formula is C15H24N2. The fourth-order valence-electron chi connectivity index (χ4n) is 2.48. The Morgan fingerprint density at radius 3 is 2.88 bits per heavy atom. The molecule has 1 aromatic carbocycles. The molecule has 0 aliphatic carbocycles. The Morgan fingerprint density at radius 1 is 1.35 bits per heavy atom. The zero-order valence-electron chi connectivity index (χ0n) is 11.3.